The molecular weight excluding hydrogens is 312 g/mol. The number of aliphatic hydroxyl groups excluding tert-OH is 1. The maximum Gasteiger partial charge on any atom is 0.243 e. The fourth-order valence-corrected chi connectivity index (χ4v) is 3.39. The lowest BCUT2D eigenvalue weighted by Crippen LogP contribution is -2.33. The predicted molar refractivity (Wildman–Crippen MR) is 80.4 cm³/mol. The van der Waals surface area contributed by atoms with Gasteiger partial charge in [-0.3, -0.25) is 4.98 Å². The lowest BCUT2D eigenvalue weighted by molar-refractivity contribution is 0.251. The van der Waals surface area contributed by atoms with Crippen molar-refractivity contribution in [1.82, 2.24) is 9.29 Å². The van der Waals surface area contributed by atoms with Gasteiger partial charge in [0.15, 0.2) is 0 Å². The van der Waals surface area contributed by atoms with E-state index in [-0.39, 0.29) is 24.6 Å². The number of sulfonamides is 1. The van der Waals surface area contributed by atoms with Crippen LogP contribution in [0.3, 0.4) is 0 Å². The van der Waals surface area contributed by atoms with Crippen LogP contribution >= 0.6 is 11.6 Å². The van der Waals surface area contributed by atoms with E-state index in [0.717, 1.165) is 5.56 Å². The Bertz CT molecular complexity index is 675. The maximum absolute atomic E-state index is 12.6. The van der Waals surface area contributed by atoms with E-state index in [1.165, 1.54) is 28.6 Å². The van der Waals surface area contributed by atoms with E-state index in [0.29, 0.717) is 5.02 Å². The summed E-state index contributed by atoms with van der Waals surface area (Å²) in [5.41, 5.74) is 0.753. The Kier molecular flexibility index (Phi) is 5.30. The molecule has 1 heterocycles. The number of hydrogen-bond acceptors (Lipinski definition) is 4. The molecule has 0 aliphatic rings. The van der Waals surface area contributed by atoms with E-state index in [4.69, 9.17) is 16.7 Å². The molecule has 0 atom stereocenters. The third kappa shape index (κ3) is 4.01. The Morgan fingerprint density at radius 3 is 2.48 bits per heavy atom. The van der Waals surface area contributed by atoms with Crippen molar-refractivity contribution in [2.75, 3.05) is 13.2 Å². The second kappa shape index (κ2) is 7.00. The number of benzene rings is 1. The highest BCUT2D eigenvalue weighted by molar-refractivity contribution is 7.89. The summed E-state index contributed by atoms with van der Waals surface area (Å²) in [6.07, 6.45) is 3.22. The molecule has 2 aromatic rings. The molecule has 1 N–H and O–H groups in total. The molecule has 5 nitrogen and oxygen atoms in total. The van der Waals surface area contributed by atoms with Gasteiger partial charge in [-0.25, -0.2) is 8.42 Å². The van der Waals surface area contributed by atoms with Crippen molar-refractivity contribution in [3.05, 3.63) is 59.4 Å². The first-order valence-electron chi connectivity index (χ1n) is 6.29. The molecule has 0 aliphatic carbocycles. The Morgan fingerprint density at radius 2 is 1.90 bits per heavy atom. The quantitative estimate of drug-likeness (QED) is 0.880. The van der Waals surface area contributed by atoms with Crippen molar-refractivity contribution in [2.45, 2.75) is 11.4 Å². The molecule has 0 unspecified atom stereocenters. The normalized spacial score (nSPS) is 11.8. The van der Waals surface area contributed by atoms with Gasteiger partial charge < -0.3 is 5.11 Å². The lowest BCUT2D eigenvalue weighted by Gasteiger charge is -2.21. The van der Waals surface area contributed by atoms with Crippen LogP contribution in [0.5, 0.6) is 0 Å². The molecule has 0 spiro atoms. The average molecular weight is 327 g/mol. The zero-order valence-corrected chi connectivity index (χ0v) is 12.8. The molecule has 1 aromatic heterocycles. The zero-order valence-electron chi connectivity index (χ0n) is 11.2. The molecule has 112 valence electrons. The Labute approximate surface area is 128 Å². The molecule has 0 radical (unpaired) electrons. The van der Waals surface area contributed by atoms with E-state index in [9.17, 15) is 8.42 Å². The van der Waals surface area contributed by atoms with Crippen molar-refractivity contribution in [1.29, 1.82) is 0 Å². The molecule has 7 heteroatoms. The van der Waals surface area contributed by atoms with Crippen LogP contribution < -0.4 is 0 Å². The summed E-state index contributed by atoms with van der Waals surface area (Å²) in [5, 5.41) is 9.59. The van der Waals surface area contributed by atoms with E-state index < -0.39 is 10.0 Å². The summed E-state index contributed by atoms with van der Waals surface area (Å²) in [5.74, 6) is 0. The van der Waals surface area contributed by atoms with Crippen molar-refractivity contribution < 1.29 is 13.5 Å². The standard InChI is InChI=1S/C14H15ClN2O3S/c15-13-3-5-14(6-4-13)21(19,20)17(8-9-18)11-12-2-1-7-16-10-12/h1-7,10,18H,8-9,11H2. The highest BCUT2D eigenvalue weighted by atomic mass is 35.5. The van der Waals surface area contributed by atoms with Crippen molar-refractivity contribution in [2.24, 2.45) is 0 Å². The van der Waals surface area contributed by atoms with Crippen LogP contribution in [0.25, 0.3) is 0 Å². The summed E-state index contributed by atoms with van der Waals surface area (Å²) in [4.78, 5) is 4.11. The van der Waals surface area contributed by atoms with Crippen LogP contribution in [-0.2, 0) is 16.6 Å². The Hall–Kier alpha value is -1.47. The van der Waals surface area contributed by atoms with Crippen LogP contribution in [-0.4, -0.2) is 36.0 Å². The lowest BCUT2D eigenvalue weighted by atomic mass is 10.3. The summed E-state index contributed by atoms with van der Waals surface area (Å²) in [6, 6.07) is 9.47. The largest absolute Gasteiger partial charge is 0.395 e. The molecule has 0 aliphatic heterocycles. The van der Waals surface area contributed by atoms with Crippen LogP contribution in [0.1, 0.15) is 5.56 Å². The van der Waals surface area contributed by atoms with Crippen LogP contribution in [0, 0.1) is 0 Å². The van der Waals surface area contributed by atoms with Gasteiger partial charge >= 0.3 is 0 Å². The fourth-order valence-electron chi connectivity index (χ4n) is 1.85. The minimum absolute atomic E-state index is 0.0137. The van der Waals surface area contributed by atoms with Crippen molar-refractivity contribution in [3.63, 3.8) is 0 Å². The van der Waals surface area contributed by atoms with Gasteiger partial charge in [0.25, 0.3) is 0 Å². The van der Waals surface area contributed by atoms with Crippen molar-refractivity contribution >= 4 is 21.6 Å². The third-order valence-corrected chi connectivity index (χ3v) is 4.99. The monoisotopic (exact) mass is 326 g/mol. The highest BCUT2D eigenvalue weighted by Crippen LogP contribution is 2.20. The van der Waals surface area contributed by atoms with Gasteiger partial charge in [0.1, 0.15) is 0 Å². The number of hydrogen-bond donors (Lipinski definition) is 1. The zero-order chi connectivity index (χ0) is 15.3. The van der Waals surface area contributed by atoms with E-state index in [1.54, 1.807) is 24.5 Å². The van der Waals surface area contributed by atoms with Crippen molar-refractivity contribution in [3.8, 4) is 0 Å². The van der Waals surface area contributed by atoms with Gasteiger partial charge in [0.05, 0.1) is 11.5 Å². The SMILES string of the molecule is O=S(=O)(c1ccc(Cl)cc1)N(CCO)Cc1cccnc1. The number of aliphatic hydroxyl groups is 1. The minimum Gasteiger partial charge on any atom is -0.395 e. The van der Waals surface area contributed by atoms with Crippen LogP contribution in [0.2, 0.25) is 5.02 Å². The minimum atomic E-state index is -3.69. The Morgan fingerprint density at radius 1 is 1.19 bits per heavy atom. The topological polar surface area (TPSA) is 70.5 Å². The molecule has 0 saturated heterocycles. The van der Waals surface area contributed by atoms with E-state index in [2.05, 4.69) is 4.98 Å². The van der Waals surface area contributed by atoms with Gasteiger partial charge in [0, 0.05) is 30.5 Å². The van der Waals surface area contributed by atoms with Crippen LogP contribution in [0.4, 0.5) is 0 Å². The third-order valence-electron chi connectivity index (χ3n) is 2.88. The number of halogens is 1. The van der Waals surface area contributed by atoms with E-state index >= 15 is 0 Å². The Balaban J connectivity index is 2.30. The molecule has 2 rings (SSSR count). The van der Waals surface area contributed by atoms with E-state index in [1.807, 2.05) is 0 Å². The molecule has 21 heavy (non-hydrogen) atoms. The van der Waals surface area contributed by atoms with Crippen LogP contribution in [0.15, 0.2) is 53.7 Å². The molecule has 0 saturated carbocycles. The summed E-state index contributed by atoms with van der Waals surface area (Å²) in [6.45, 7) is -0.0910. The summed E-state index contributed by atoms with van der Waals surface area (Å²) >= 11 is 5.78. The smallest absolute Gasteiger partial charge is 0.243 e. The van der Waals surface area contributed by atoms with Gasteiger partial charge in [-0.05, 0) is 35.9 Å². The number of nitrogens with zero attached hydrogens (tertiary/aromatic N) is 2. The van der Waals surface area contributed by atoms with Gasteiger partial charge in [-0.15, -0.1) is 0 Å². The first-order valence-corrected chi connectivity index (χ1v) is 8.11. The summed E-state index contributed by atoms with van der Waals surface area (Å²) < 4.78 is 26.4. The van der Waals surface area contributed by atoms with Gasteiger partial charge in [0.2, 0.25) is 10.0 Å². The fraction of sp³-hybridized carbons (Fsp3) is 0.214. The molecule has 0 fully saturated rings. The second-order valence-corrected chi connectivity index (χ2v) is 6.75. The number of aromatic nitrogens is 1. The molecule has 0 amide bonds. The number of pyridine rings is 1. The average Bonchev–Trinajstić information content (AvgIpc) is 2.48. The first-order chi connectivity index (χ1) is 10.0. The predicted octanol–water partition coefficient (Wildman–Crippen LogP) is 1.92. The molecular formula is C14H15ClN2O3S. The molecule has 1 aromatic carbocycles. The highest BCUT2D eigenvalue weighted by Gasteiger charge is 2.24. The maximum atomic E-state index is 12.6. The van der Waals surface area contributed by atoms with Gasteiger partial charge in [-0.1, -0.05) is 17.7 Å². The first kappa shape index (κ1) is 15.9. The van der Waals surface area contributed by atoms with Gasteiger partial charge in [-0.2, -0.15) is 4.31 Å². The number of rotatable bonds is 6. The molecule has 0 bridgehead atoms. The second-order valence-electron chi connectivity index (χ2n) is 4.38. The summed E-state index contributed by atoms with van der Waals surface area (Å²) in [7, 11) is -3.69.